The monoisotopic (exact) mass is 276 g/mol. The molecule has 13 heavy (non-hydrogen) atoms. The lowest BCUT2D eigenvalue weighted by molar-refractivity contribution is 1.53. The summed E-state index contributed by atoms with van der Waals surface area (Å²) in [6.07, 6.45) is 1.97. The van der Waals surface area contributed by atoms with Crippen LogP contribution in [0, 0.1) is 0 Å². The maximum atomic E-state index is 5.97. The van der Waals surface area contributed by atoms with Gasteiger partial charge in [-0.05, 0) is 29.5 Å². The molecule has 0 spiro atoms. The Hall–Kier alpha value is 0.0800. The van der Waals surface area contributed by atoms with Crippen molar-refractivity contribution in [3.05, 3.63) is 38.7 Å². The van der Waals surface area contributed by atoms with Crippen LogP contribution in [0.25, 0.3) is 6.08 Å². The number of thioether (sulfide) groups is 1. The van der Waals surface area contributed by atoms with Gasteiger partial charge in [0.05, 0.1) is 4.36 Å². The number of hydrogen-bond donors (Lipinski definition) is 0. The van der Waals surface area contributed by atoms with E-state index in [4.69, 9.17) is 11.6 Å². The molecule has 0 N–H and O–H groups in total. The lowest BCUT2D eigenvalue weighted by atomic mass is 10.2. The molecule has 3 heteroatoms. The molecule has 0 nitrogen and oxygen atoms in total. The highest BCUT2D eigenvalue weighted by atomic mass is 79.9. The van der Waals surface area contributed by atoms with Crippen LogP contribution in [0.5, 0.6) is 0 Å². The third kappa shape index (κ3) is 4.21. The van der Waals surface area contributed by atoms with Crippen LogP contribution in [-0.2, 0) is 0 Å². The van der Waals surface area contributed by atoms with Crippen molar-refractivity contribution in [2.45, 2.75) is 6.92 Å². The molecule has 0 atom stereocenters. The summed E-state index contributed by atoms with van der Waals surface area (Å²) in [6, 6.07) is 8.07. The van der Waals surface area contributed by atoms with E-state index in [1.54, 1.807) is 11.8 Å². The van der Waals surface area contributed by atoms with Gasteiger partial charge < -0.3 is 0 Å². The summed E-state index contributed by atoms with van der Waals surface area (Å²) >= 11 is 11.0. The molecular formula is C10H10BrClS. The largest absolute Gasteiger partial charge is 0.114 e. The highest BCUT2D eigenvalue weighted by molar-refractivity contribution is 9.10. The molecule has 0 aromatic heterocycles. The average molecular weight is 278 g/mol. The fourth-order valence-electron chi connectivity index (χ4n) is 0.870. The van der Waals surface area contributed by atoms with Crippen LogP contribution in [0.4, 0.5) is 0 Å². The third-order valence-corrected chi connectivity index (χ3v) is 3.08. The van der Waals surface area contributed by atoms with Gasteiger partial charge in [0, 0.05) is 4.47 Å². The summed E-state index contributed by atoms with van der Waals surface area (Å²) in [5.74, 6) is 1.01. The molecule has 0 fully saturated rings. The Kier molecular flexibility index (Phi) is 4.92. The topological polar surface area (TPSA) is 0 Å². The van der Waals surface area contributed by atoms with Gasteiger partial charge in [-0.25, -0.2) is 0 Å². The summed E-state index contributed by atoms with van der Waals surface area (Å²) in [6.45, 7) is 2.09. The number of benzene rings is 1. The predicted molar refractivity (Wildman–Crippen MR) is 66.1 cm³/mol. The van der Waals surface area contributed by atoms with Crippen LogP contribution in [0.2, 0.25) is 0 Å². The molecule has 0 radical (unpaired) electrons. The minimum absolute atomic E-state index is 0.838. The molecule has 0 heterocycles. The lowest BCUT2D eigenvalue weighted by Crippen LogP contribution is -1.72. The maximum Gasteiger partial charge on any atom is 0.0740 e. The van der Waals surface area contributed by atoms with Crippen molar-refractivity contribution in [3.8, 4) is 0 Å². The van der Waals surface area contributed by atoms with Crippen LogP contribution in [0.1, 0.15) is 12.5 Å². The quantitative estimate of drug-likeness (QED) is 0.769. The van der Waals surface area contributed by atoms with Crippen LogP contribution < -0.4 is 0 Å². The van der Waals surface area contributed by atoms with Crippen molar-refractivity contribution in [1.82, 2.24) is 0 Å². The zero-order chi connectivity index (χ0) is 9.68. The molecule has 0 aliphatic carbocycles. The predicted octanol–water partition coefficient (Wildman–Crippen LogP) is 4.74. The van der Waals surface area contributed by atoms with E-state index in [1.165, 1.54) is 0 Å². The molecule has 1 rings (SSSR count). The van der Waals surface area contributed by atoms with Crippen molar-refractivity contribution < 1.29 is 0 Å². The molecule has 0 saturated heterocycles. The molecule has 70 valence electrons. The first-order valence-electron chi connectivity index (χ1n) is 3.98. The van der Waals surface area contributed by atoms with E-state index in [9.17, 15) is 0 Å². The van der Waals surface area contributed by atoms with E-state index in [1.807, 2.05) is 30.3 Å². The summed E-state index contributed by atoms with van der Waals surface area (Å²) in [5.41, 5.74) is 1.13. The van der Waals surface area contributed by atoms with Gasteiger partial charge >= 0.3 is 0 Å². The second-order valence-corrected chi connectivity index (χ2v) is 5.29. The van der Waals surface area contributed by atoms with Crippen LogP contribution in [0.3, 0.4) is 0 Å². The van der Waals surface area contributed by atoms with Gasteiger partial charge in [-0.2, -0.15) is 0 Å². The molecule has 1 aromatic carbocycles. The Balaban J connectivity index is 2.73. The molecule has 0 unspecified atom stereocenters. The van der Waals surface area contributed by atoms with Gasteiger partial charge in [0.15, 0.2) is 0 Å². The Labute approximate surface area is 96.5 Å². The van der Waals surface area contributed by atoms with E-state index in [2.05, 4.69) is 22.9 Å². The summed E-state index contributed by atoms with van der Waals surface area (Å²) in [4.78, 5) is 0. The van der Waals surface area contributed by atoms with Crippen molar-refractivity contribution in [1.29, 1.82) is 0 Å². The van der Waals surface area contributed by atoms with Crippen LogP contribution >= 0.6 is 39.3 Å². The molecule has 0 amide bonds. The van der Waals surface area contributed by atoms with Crippen LogP contribution in [-0.4, -0.2) is 5.75 Å². The van der Waals surface area contributed by atoms with E-state index < -0.39 is 0 Å². The first-order chi connectivity index (χ1) is 6.22. The fourth-order valence-corrected chi connectivity index (χ4v) is 2.08. The first kappa shape index (κ1) is 11.2. The molecule has 0 bridgehead atoms. The van der Waals surface area contributed by atoms with Gasteiger partial charge in [-0.3, -0.25) is 0 Å². The van der Waals surface area contributed by atoms with E-state index >= 15 is 0 Å². The van der Waals surface area contributed by atoms with Gasteiger partial charge in [-0.15, -0.1) is 11.8 Å². The van der Waals surface area contributed by atoms with Crippen molar-refractivity contribution in [3.63, 3.8) is 0 Å². The molecule has 1 aromatic rings. The molecule has 0 aliphatic rings. The Morgan fingerprint density at radius 1 is 1.46 bits per heavy atom. The minimum Gasteiger partial charge on any atom is -0.114 e. The van der Waals surface area contributed by atoms with Gasteiger partial charge in [-0.1, -0.05) is 46.6 Å². The van der Waals surface area contributed by atoms with Crippen molar-refractivity contribution >= 4 is 45.4 Å². The third-order valence-electron chi connectivity index (χ3n) is 1.43. The molecule has 0 aliphatic heterocycles. The van der Waals surface area contributed by atoms with E-state index in [0.29, 0.717) is 0 Å². The Morgan fingerprint density at radius 2 is 2.08 bits per heavy atom. The van der Waals surface area contributed by atoms with E-state index in [-0.39, 0.29) is 0 Å². The number of halogens is 2. The van der Waals surface area contributed by atoms with Crippen LogP contribution in [0.15, 0.2) is 33.1 Å². The molecular weight excluding hydrogens is 268 g/mol. The van der Waals surface area contributed by atoms with E-state index in [0.717, 1.165) is 20.2 Å². The second-order valence-electron chi connectivity index (χ2n) is 2.43. The molecule has 0 saturated carbocycles. The lowest BCUT2D eigenvalue weighted by Gasteiger charge is -1.96. The zero-order valence-corrected chi connectivity index (χ0v) is 10.4. The first-order valence-corrected chi connectivity index (χ1v) is 6.13. The van der Waals surface area contributed by atoms with Crippen molar-refractivity contribution in [2.75, 3.05) is 5.75 Å². The SMILES string of the molecule is CCS/C(Cl)=C\c1ccc(Br)cc1. The number of hydrogen-bond acceptors (Lipinski definition) is 1. The standard InChI is InChI=1S/C10H10BrClS/c1-2-13-10(12)7-8-3-5-9(11)6-4-8/h3-7H,2H2,1H3/b10-7-. The highest BCUT2D eigenvalue weighted by Gasteiger charge is 1.92. The smallest absolute Gasteiger partial charge is 0.0740 e. The van der Waals surface area contributed by atoms with Gasteiger partial charge in [0.25, 0.3) is 0 Å². The van der Waals surface area contributed by atoms with Crippen molar-refractivity contribution in [2.24, 2.45) is 0 Å². The average Bonchev–Trinajstić information content (AvgIpc) is 2.09. The highest BCUT2D eigenvalue weighted by Crippen LogP contribution is 2.23. The summed E-state index contributed by atoms with van der Waals surface area (Å²) in [5, 5.41) is 0. The fraction of sp³-hybridized carbons (Fsp3) is 0.200. The van der Waals surface area contributed by atoms with Gasteiger partial charge in [0.2, 0.25) is 0 Å². The Morgan fingerprint density at radius 3 is 2.62 bits per heavy atom. The maximum absolute atomic E-state index is 5.97. The summed E-state index contributed by atoms with van der Waals surface area (Å²) < 4.78 is 1.92. The normalized spacial score (nSPS) is 11.8. The summed E-state index contributed by atoms with van der Waals surface area (Å²) in [7, 11) is 0. The Bertz CT molecular complexity index is 292. The van der Waals surface area contributed by atoms with Gasteiger partial charge in [0.1, 0.15) is 0 Å². The second kappa shape index (κ2) is 5.74. The zero-order valence-electron chi connectivity index (χ0n) is 7.26. The minimum atomic E-state index is 0.838. The number of rotatable bonds is 3.